The van der Waals surface area contributed by atoms with Gasteiger partial charge in [-0.15, -0.1) is 0 Å². The lowest BCUT2D eigenvalue weighted by Crippen LogP contribution is -2.14. The van der Waals surface area contributed by atoms with Crippen LogP contribution in [0.15, 0.2) is 12.1 Å². The first kappa shape index (κ1) is 8.45. The SMILES string of the molecule is NC(=O)c1ccc(F)c(F)c1N. The van der Waals surface area contributed by atoms with Crippen LogP contribution in [0.3, 0.4) is 0 Å². The van der Waals surface area contributed by atoms with Crippen molar-refractivity contribution >= 4 is 11.6 Å². The van der Waals surface area contributed by atoms with Crippen LogP contribution in [0.2, 0.25) is 0 Å². The topological polar surface area (TPSA) is 69.1 Å². The van der Waals surface area contributed by atoms with Gasteiger partial charge in [-0.2, -0.15) is 0 Å². The zero-order valence-corrected chi connectivity index (χ0v) is 5.97. The monoisotopic (exact) mass is 172 g/mol. The van der Waals surface area contributed by atoms with Crippen LogP contribution in [0.25, 0.3) is 0 Å². The van der Waals surface area contributed by atoms with E-state index >= 15 is 0 Å². The lowest BCUT2D eigenvalue weighted by molar-refractivity contribution is 0.100. The predicted octanol–water partition coefficient (Wildman–Crippen LogP) is 0.646. The third kappa shape index (κ3) is 1.20. The second-order valence-corrected chi connectivity index (χ2v) is 2.19. The molecule has 1 aromatic carbocycles. The van der Waals surface area contributed by atoms with E-state index < -0.39 is 23.2 Å². The normalized spacial score (nSPS) is 9.83. The smallest absolute Gasteiger partial charge is 0.250 e. The molecule has 0 atom stereocenters. The van der Waals surface area contributed by atoms with Crippen molar-refractivity contribution in [3.8, 4) is 0 Å². The number of benzene rings is 1. The van der Waals surface area contributed by atoms with Gasteiger partial charge in [0.15, 0.2) is 11.6 Å². The lowest BCUT2D eigenvalue weighted by atomic mass is 10.1. The Morgan fingerprint density at radius 2 is 1.92 bits per heavy atom. The highest BCUT2D eigenvalue weighted by Crippen LogP contribution is 2.18. The van der Waals surface area contributed by atoms with E-state index in [-0.39, 0.29) is 5.56 Å². The number of amides is 1. The Balaban J connectivity index is 3.36. The minimum absolute atomic E-state index is 0.214. The lowest BCUT2D eigenvalue weighted by Gasteiger charge is -2.02. The van der Waals surface area contributed by atoms with E-state index in [9.17, 15) is 13.6 Å². The highest BCUT2D eigenvalue weighted by molar-refractivity contribution is 5.97. The van der Waals surface area contributed by atoms with Crippen molar-refractivity contribution in [2.75, 3.05) is 5.73 Å². The summed E-state index contributed by atoms with van der Waals surface area (Å²) in [6.45, 7) is 0. The maximum Gasteiger partial charge on any atom is 0.250 e. The van der Waals surface area contributed by atoms with Gasteiger partial charge < -0.3 is 11.5 Å². The summed E-state index contributed by atoms with van der Waals surface area (Å²) < 4.78 is 25.1. The third-order valence-electron chi connectivity index (χ3n) is 1.40. The number of hydrogen-bond acceptors (Lipinski definition) is 2. The van der Waals surface area contributed by atoms with Gasteiger partial charge in [-0.05, 0) is 12.1 Å². The van der Waals surface area contributed by atoms with Gasteiger partial charge in [-0.1, -0.05) is 0 Å². The van der Waals surface area contributed by atoms with Crippen molar-refractivity contribution in [1.82, 2.24) is 0 Å². The largest absolute Gasteiger partial charge is 0.396 e. The minimum Gasteiger partial charge on any atom is -0.396 e. The molecule has 0 radical (unpaired) electrons. The molecule has 0 aliphatic rings. The van der Waals surface area contributed by atoms with E-state index in [0.717, 1.165) is 12.1 Å². The Bertz CT molecular complexity index is 338. The summed E-state index contributed by atoms with van der Waals surface area (Å²) in [5.41, 5.74) is 9.13. The second kappa shape index (κ2) is 2.77. The summed E-state index contributed by atoms with van der Waals surface area (Å²) >= 11 is 0. The predicted molar refractivity (Wildman–Crippen MR) is 39.3 cm³/mol. The molecule has 0 spiro atoms. The number of carbonyl (C=O) groups excluding carboxylic acids is 1. The van der Waals surface area contributed by atoms with Crippen molar-refractivity contribution in [1.29, 1.82) is 0 Å². The summed E-state index contributed by atoms with van der Waals surface area (Å²) in [5.74, 6) is -3.23. The first-order valence-corrected chi connectivity index (χ1v) is 3.07. The van der Waals surface area contributed by atoms with Gasteiger partial charge in [0, 0.05) is 0 Å². The average molecular weight is 172 g/mol. The zero-order valence-electron chi connectivity index (χ0n) is 5.97. The van der Waals surface area contributed by atoms with Crippen LogP contribution in [0, 0.1) is 11.6 Å². The van der Waals surface area contributed by atoms with Crippen molar-refractivity contribution < 1.29 is 13.6 Å². The van der Waals surface area contributed by atoms with Crippen molar-refractivity contribution in [3.63, 3.8) is 0 Å². The molecule has 0 unspecified atom stereocenters. The fourth-order valence-corrected chi connectivity index (χ4v) is 0.781. The van der Waals surface area contributed by atoms with Gasteiger partial charge in [0.25, 0.3) is 5.91 Å². The molecule has 0 saturated heterocycles. The molecule has 0 aromatic heterocycles. The molecule has 1 rings (SSSR count). The molecular formula is C7H6F2N2O. The molecule has 0 saturated carbocycles. The number of nitrogen functional groups attached to an aromatic ring is 1. The number of nitrogens with two attached hydrogens (primary N) is 2. The summed E-state index contributed by atoms with van der Waals surface area (Å²) in [7, 11) is 0. The number of carbonyl (C=O) groups is 1. The van der Waals surface area contributed by atoms with Crippen molar-refractivity contribution in [3.05, 3.63) is 29.3 Å². The van der Waals surface area contributed by atoms with Crippen molar-refractivity contribution in [2.45, 2.75) is 0 Å². The van der Waals surface area contributed by atoms with Gasteiger partial charge in [0.2, 0.25) is 0 Å². The number of rotatable bonds is 1. The summed E-state index contributed by atoms with van der Waals surface area (Å²) in [6.07, 6.45) is 0. The first-order chi connectivity index (χ1) is 5.54. The van der Waals surface area contributed by atoms with E-state index in [4.69, 9.17) is 11.5 Å². The molecule has 12 heavy (non-hydrogen) atoms. The first-order valence-electron chi connectivity index (χ1n) is 3.07. The maximum absolute atomic E-state index is 12.6. The maximum atomic E-state index is 12.6. The molecule has 1 amide bonds. The molecule has 5 heteroatoms. The molecule has 64 valence electrons. The molecule has 3 nitrogen and oxygen atoms in total. The summed E-state index contributed by atoms with van der Waals surface area (Å²) in [5, 5.41) is 0. The fourth-order valence-electron chi connectivity index (χ4n) is 0.781. The van der Waals surface area contributed by atoms with Gasteiger partial charge in [-0.3, -0.25) is 4.79 Å². The zero-order chi connectivity index (χ0) is 9.30. The van der Waals surface area contributed by atoms with Crippen LogP contribution in [-0.2, 0) is 0 Å². The number of halogens is 2. The third-order valence-corrected chi connectivity index (χ3v) is 1.40. The number of primary amides is 1. The molecule has 0 heterocycles. The van der Waals surface area contributed by atoms with Crippen LogP contribution in [-0.4, -0.2) is 5.91 Å². The Labute approximate surface area is 67.0 Å². The highest BCUT2D eigenvalue weighted by Gasteiger charge is 2.13. The van der Waals surface area contributed by atoms with E-state index in [0.29, 0.717) is 0 Å². The Kier molecular flexibility index (Phi) is 1.95. The van der Waals surface area contributed by atoms with Crippen LogP contribution in [0.1, 0.15) is 10.4 Å². The van der Waals surface area contributed by atoms with Crippen molar-refractivity contribution in [2.24, 2.45) is 5.73 Å². The van der Waals surface area contributed by atoms with E-state index in [1.54, 1.807) is 0 Å². The van der Waals surface area contributed by atoms with E-state index in [2.05, 4.69) is 0 Å². The summed E-state index contributed by atoms with van der Waals surface area (Å²) in [6, 6.07) is 1.84. The molecule has 0 fully saturated rings. The fraction of sp³-hybridized carbons (Fsp3) is 0. The standard InChI is InChI=1S/C7H6F2N2O/c8-4-2-1-3(7(11)12)6(10)5(4)9/h1-2H,10H2,(H2,11,12). The van der Waals surface area contributed by atoms with Gasteiger partial charge in [-0.25, -0.2) is 8.78 Å². The molecule has 0 aliphatic carbocycles. The van der Waals surface area contributed by atoms with Crippen LogP contribution >= 0.6 is 0 Å². The molecule has 0 aliphatic heterocycles. The number of anilines is 1. The average Bonchev–Trinajstić information content (AvgIpc) is 2.00. The van der Waals surface area contributed by atoms with Gasteiger partial charge in [0.05, 0.1) is 11.3 Å². The van der Waals surface area contributed by atoms with E-state index in [1.165, 1.54) is 0 Å². The molecule has 0 bridgehead atoms. The van der Waals surface area contributed by atoms with Gasteiger partial charge >= 0.3 is 0 Å². The second-order valence-electron chi connectivity index (χ2n) is 2.19. The highest BCUT2D eigenvalue weighted by atomic mass is 19.2. The van der Waals surface area contributed by atoms with Gasteiger partial charge in [0.1, 0.15) is 0 Å². The molecule has 4 N–H and O–H groups in total. The Hall–Kier alpha value is -1.65. The molecule has 1 aromatic rings. The van der Waals surface area contributed by atoms with E-state index in [1.807, 2.05) is 0 Å². The van der Waals surface area contributed by atoms with Crippen LogP contribution < -0.4 is 11.5 Å². The minimum atomic E-state index is -1.24. The Morgan fingerprint density at radius 3 is 2.42 bits per heavy atom. The quantitative estimate of drug-likeness (QED) is 0.610. The van der Waals surface area contributed by atoms with Crippen LogP contribution in [0.5, 0.6) is 0 Å². The summed E-state index contributed by atoms with van der Waals surface area (Å²) in [4.78, 5) is 10.5. The van der Waals surface area contributed by atoms with Crippen LogP contribution in [0.4, 0.5) is 14.5 Å². The molecular weight excluding hydrogens is 166 g/mol. The number of hydrogen-bond donors (Lipinski definition) is 2. The Morgan fingerprint density at radius 1 is 1.33 bits per heavy atom.